The van der Waals surface area contributed by atoms with E-state index in [1.165, 1.54) is 31.6 Å². The van der Waals surface area contributed by atoms with Crippen LogP contribution in [0.1, 0.15) is 42.7 Å². The summed E-state index contributed by atoms with van der Waals surface area (Å²) in [5, 5.41) is 3.82. The van der Waals surface area contributed by atoms with Gasteiger partial charge in [0.05, 0.1) is 30.3 Å². The Bertz CT molecular complexity index is 1500. The molecule has 1 N–H and O–H groups in total. The minimum Gasteiger partial charge on any atom is -0.466 e. The Balaban J connectivity index is 1.68. The fourth-order valence-corrected chi connectivity index (χ4v) is 5.19. The number of esters is 1. The predicted octanol–water partition coefficient (Wildman–Crippen LogP) is 5.12. The summed E-state index contributed by atoms with van der Waals surface area (Å²) in [5.41, 5.74) is 2.58. The number of benzene rings is 2. The van der Waals surface area contributed by atoms with Gasteiger partial charge in [0.2, 0.25) is 0 Å². The van der Waals surface area contributed by atoms with Crippen LogP contribution in [-0.2, 0) is 14.3 Å². The molecule has 2 aromatic carbocycles. The van der Waals surface area contributed by atoms with Crippen molar-refractivity contribution in [1.29, 1.82) is 0 Å². The van der Waals surface area contributed by atoms with Crippen molar-refractivity contribution >= 4 is 34.3 Å². The summed E-state index contributed by atoms with van der Waals surface area (Å²) in [6.07, 6.45) is 1.91. The number of methoxy groups -OCH3 is 1. The Morgan fingerprint density at radius 2 is 1.89 bits per heavy atom. The van der Waals surface area contributed by atoms with Crippen LogP contribution in [0.25, 0.3) is 11.0 Å². The molecule has 5 rings (SSSR count). The Kier molecular flexibility index (Phi) is 5.81. The van der Waals surface area contributed by atoms with Gasteiger partial charge in [-0.25, -0.2) is 9.18 Å². The number of ketones is 1. The van der Waals surface area contributed by atoms with Gasteiger partial charge in [-0.05, 0) is 55.2 Å². The number of hydrogen-bond acceptors (Lipinski definition) is 6. The van der Waals surface area contributed by atoms with Crippen LogP contribution >= 0.6 is 11.6 Å². The van der Waals surface area contributed by atoms with E-state index in [1.54, 1.807) is 31.2 Å². The van der Waals surface area contributed by atoms with Crippen molar-refractivity contribution in [3.8, 4) is 0 Å². The summed E-state index contributed by atoms with van der Waals surface area (Å²) in [4.78, 5) is 40.0. The molecule has 2 aliphatic rings. The first-order valence-electron chi connectivity index (χ1n) is 11.1. The van der Waals surface area contributed by atoms with E-state index in [4.69, 9.17) is 20.8 Å². The normalized spacial score (nSPS) is 20.1. The van der Waals surface area contributed by atoms with Crippen molar-refractivity contribution in [2.45, 2.75) is 31.6 Å². The van der Waals surface area contributed by atoms with Crippen molar-refractivity contribution in [2.24, 2.45) is 0 Å². The zero-order valence-corrected chi connectivity index (χ0v) is 19.7. The first-order valence-corrected chi connectivity index (χ1v) is 11.4. The number of carbonyl (C=O) groups excluding carboxylic acids is 2. The number of ether oxygens (including phenoxy) is 1. The zero-order chi connectivity index (χ0) is 24.9. The van der Waals surface area contributed by atoms with Crippen LogP contribution in [0.5, 0.6) is 0 Å². The van der Waals surface area contributed by atoms with E-state index in [0.29, 0.717) is 34.0 Å². The van der Waals surface area contributed by atoms with Crippen LogP contribution in [-0.4, -0.2) is 18.9 Å². The molecule has 6 nitrogen and oxygen atoms in total. The molecule has 1 aliphatic carbocycles. The molecule has 2 atom stereocenters. The molecule has 2 heterocycles. The van der Waals surface area contributed by atoms with Gasteiger partial charge in [0.1, 0.15) is 11.4 Å². The highest BCUT2D eigenvalue weighted by Crippen LogP contribution is 2.45. The molecule has 0 fully saturated rings. The molecular weight excluding hydrogens is 473 g/mol. The standard InChI is InChI=1S/C27H21ClFNO5/c1-13-23(27(33)34-2)24(19-12-35-22-8-5-16(28)11-18(22)26(19)32)25-20(30-13)9-15(10-21(25)31)14-3-6-17(29)7-4-14/h3-8,11-12,15,24,30H,9-10H2,1-2H3/t15-,24-/m0/s1. The smallest absolute Gasteiger partial charge is 0.336 e. The lowest BCUT2D eigenvalue weighted by atomic mass is 9.72. The zero-order valence-electron chi connectivity index (χ0n) is 19.0. The van der Waals surface area contributed by atoms with Gasteiger partial charge in [-0.3, -0.25) is 9.59 Å². The van der Waals surface area contributed by atoms with E-state index in [9.17, 15) is 18.8 Å². The average Bonchev–Trinajstić information content (AvgIpc) is 2.84. The molecule has 1 aromatic heterocycles. The minimum atomic E-state index is -0.958. The second kappa shape index (κ2) is 8.82. The highest BCUT2D eigenvalue weighted by atomic mass is 35.5. The summed E-state index contributed by atoms with van der Waals surface area (Å²) in [6.45, 7) is 1.70. The lowest BCUT2D eigenvalue weighted by Gasteiger charge is -2.36. The first kappa shape index (κ1) is 23.1. The van der Waals surface area contributed by atoms with Gasteiger partial charge in [0.25, 0.3) is 0 Å². The molecule has 1 aliphatic heterocycles. The number of nitrogens with one attached hydrogen (secondary N) is 1. The van der Waals surface area contributed by atoms with E-state index < -0.39 is 11.9 Å². The summed E-state index contributed by atoms with van der Waals surface area (Å²) in [6, 6.07) is 10.8. The van der Waals surface area contributed by atoms with Crippen molar-refractivity contribution in [3.63, 3.8) is 0 Å². The van der Waals surface area contributed by atoms with Gasteiger partial charge in [0.15, 0.2) is 11.2 Å². The van der Waals surface area contributed by atoms with E-state index in [-0.39, 0.29) is 45.9 Å². The third kappa shape index (κ3) is 3.96. The van der Waals surface area contributed by atoms with Gasteiger partial charge in [-0.1, -0.05) is 23.7 Å². The summed E-state index contributed by atoms with van der Waals surface area (Å²) in [7, 11) is 1.25. The van der Waals surface area contributed by atoms with Crippen molar-refractivity contribution in [1.82, 2.24) is 5.32 Å². The molecule has 0 saturated carbocycles. The quantitative estimate of drug-likeness (QED) is 0.510. The largest absolute Gasteiger partial charge is 0.466 e. The van der Waals surface area contributed by atoms with Crippen LogP contribution in [0.2, 0.25) is 5.02 Å². The third-order valence-corrected chi connectivity index (χ3v) is 6.88. The number of allylic oxidation sites excluding steroid dienone is 3. The van der Waals surface area contributed by atoms with E-state index >= 15 is 0 Å². The first-order chi connectivity index (χ1) is 16.8. The van der Waals surface area contributed by atoms with Crippen LogP contribution < -0.4 is 10.7 Å². The van der Waals surface area contributed by atoms with E-state index in [1.807, 2.05) is 0 Å². The minimum absolute atomic E-state index is 0.154. The molecule has 178 valence electrons. The molecule has 0 amide bonds. The van der Waals surface area contributed by atoms with Gasteiger partial charge >= 0.3 is 5.97 Å². The van der Waals surface area contributed by atoms with Crippen LogP contribution in [0, 0.1) is 5.82 Å². The molecule has 0 unspecified atom stereocenters. The summed E-state index contributed by atoms with van der Waals surface area (Å²) in [5.74, 6) is -2.34. The maximum atomic E-state index is 13.6. The topological polar surface area (TPSA) is 85.6 Å². The molecule has 35 heavy (non-hydrogen) atoms. The van der Waals surface area contributed by atoms with Crippen molar-refractivity contribution in [2.75, 3.05) is 7.11 Å². The van der Waals surface area contributed by atoms with Crippen LogP contribution in [0.3, 0.4) is 0 Å². The fourth-order valence-electron chi connectivity index (χ4n) is 5.02. The molecule has 0 bridgehead atoms. The van der Waals surface area contributed by atoms with Crippen LogP contribution in [0.4, 0.5) is 4.39 Å². The second-order valence-corrected chi connectivity index (χ2v) is 9.16. The second-order valence-electron chi connectivity index (χ2n) is 8.72. The number of hydrogen-bond donors (Lipinski definition) is 1. The Morgan fingerprint density at radius 1 is 1.14 bits per heavy atom. The third-order valence-electron chi connectivity index (χ3n) is 6.65. The van der Waals surface area contributed by atoms with Crippen molar-refractivity contribution in [3.05, 3.63) is 103 Å². The maximum absolute atomic E-state index is 13.6. The number of carbonyl (C=O) groups is 2. The molecule has 3 aromatic rings. The highest BCUT2D eigenvalue weighted by Gasteiger charge is 2.42. The Morgan fingerprint density at radius 3 is 2.60 bits per heavy atom. The fraction of sp³-hybridized carbons (Fsp3) is 0.222. The Labute approximate surface area is 205 Å². The number of dihydropyridines is 1. The maximum Gasteiger partial charge on any atom is 0.336 e. The molecule has 0 radical (unpaired) electrons. The predicted molar refractivity (Wildman–Crippen MR) is 128 cm³/mol. The number of fused-ring (bicyclic) bond motifs is 1. The van der Waals surface area contributed by atoms with E-state index in [0.717, 1.165) is 5.56 Å². The monoisotopic (exact) mass is 493 g/mol. The highest BCUT2D eigenvalue weighted by molar-refractivity contribution is 6.31. The summed E-state index contributed by atoms with van der Waals surface area (Å²) < 4.78 is 24.2. The molecular formula is C27H21ClFNO5. The van der Waals surface area contributed by atoms with Crippen molar-refractivity contribution < 1.29 is 23.1 Å². The molecule has 0 spiro atoms. The van der Waals surface area contributed by atoms with E-state index in [2.05, 4.69) is 5.32 Å². The lowest BCUT2D eigenvalue weighted by Crippen LogP contribution is -2.37. The SMILES string of the molecule is COC(=O)C1=C(C)NC2=C(C(=O)C[C@@H](c3ccc(F)cc3)C2)[C@H]1c1coc2ccc(Cl)cc2c1=O. The van der Waals surface area contributed by atoms with Gasteiger partial charge in [-0.15, -0.1) is 0 Å². The molecule has 8 heteroatoms. The average molecular weight is 494 g/mol. The van der Waals surface area contributed by atoms with Crippen LogP contribution in [0.15, 0.2) is 80.5 Å². The number of halogens is 2. The Hall–Kier alpha value is -3.71. The molecule has 0 saturated heterocycles. The van der Waals surface area contributed by atoms with Gasteiger partial charge in [-0.2, -0.15) is 0 Å². The number of rotatable bonds is 3. The van der Waals surface area contributed by atoms with Gasteiger partial charge in [0, 0.05) is 34.0 Å². The summed E-state index contributed by atoms with van der Waals surface area (Å²) >= 11 is 6.11. The van der Waals surface area contributed by atoms with Gasteiger partial charge < -0.3 is 14.5 Å². The number of Topliss-reactive ketones (excluding diaryl/α,β-unsaturated/α-hetero) is 1. The lowest BCUT2D eigenvalue weighted by molar-refractivity contribution is -0.136.